The number of nitrogens with zero attached hydrogens (tertiary/aromatic N) is 1. The maximum absolute atomic E-state index is 12.3. The lowest BCUT2D eigenvalue weighted by molar-refractivity contribution is -0.384. The van der Waals surface area contributed by atoms with E-state index in [0.29, 0.717) is 11.3 Å². The number of carbonyl (C=O) groups is 1. The van der Waals surface area contributed by atoms with E-state index in [9.17, 15) is 14.9 Å². The van der Waals surface area contributed by atoms with Gasteiger partial charge in [0, 0.05) is 17.8 Å². The van der Waals surface area contributed by atoms with Gasteiger partial charge in [-0.1, -0.05) is 36.4 Å². The summed E-state index contributed by atoms with van der Waals surface area (Å²) in [4.78, 5) is 22.5. The molecule has 2 aromatic carbocycles. The Morgan fingerprint density at radius 2 is 1.86 bits per heavy atom. The van der Waals surface area contributed by atoms with Gasteiger partial charge in [0.1, 0.15) is 5.54 Å². The Balaban J connectivity index is 2.21. The van der Waals surface area contributed by atoms with Crippen LogP contribution in [0.1, 0.15) is 12.5 Å². The minimum atomic E-state index is -1.23. The first-order valence-corrected chi connectivity index (χ1v) is 6.31. The minimum Gasteiger partial charge on any atom is -0.324 e. The number of non-ortho nitro benzene ring substituents is 1. The quantitative estimate of drug-likeness (QED) is 0.665. The molecular formula is C15H15N3O3. The van der Waals surface area contributed by atoms with Crippen LogP contribution in [0.3, 0.4) is 0 Å². The molecule has 1 amide bonds. The summed E-state index contributed by atoms with van der Waals surface area (Å²) >= 11 is 0. The second kappa shape index (κ2) is 5.72. The van der Waals surface area contributed by atoms with Crippen LogP contribution in [0.25, 0.3) is 0 Å². The molecule has 1 unspecified atom stereocenters. The van der Waals surface area contributed by atoms with E-state index < -0.39 is 16.4 Å². The molecule has 0 aliphatic heterocycles. The highest BCUT2D eigenvalue weighted by molar-refractivity contribution is 5.98. The predicted octanol–water partition coefficient (Wildman–Crippen LogP) is 2.41. The smallest absolute Gasteiger partial charge is 0.271 e. The van der Waals surface area contributed by atoms with Crippen molar-refractivity contribution in [3.05, 3.63) is 70.3 Å². The molecule has 21 heavy (non-hydrogen) atoms. The summed E-state index contributed by atoms with van der Waals surface area (Å²) in [6.07, 6.45) is 0. The number of hydrogen-bond acceptors (Lipinski definition) is 4. The molecule has 0 aliphatic rings. The molecule has 2 aromatic rings. The molecular weight excluding hydrogens is 270 g/mol. The first-order valence-electron chi connectivity index (χ1n) is 6.31. The number of hydrogen-bond donors (Lipinski definition) is 2. The number of anilines is 1. The second-order valence-corrected chi connectivity index (χ2v) is 4.83. The van der Waals surface area contributed by atoms with E-state index in [-0.39, 0.29) is 5.69 Å². The van der Waals surface area contributed by atoms with E-state index in [2.05, 4.69) is 5.32 Å². The number of nitrogens with two attached hydrogens (primary N) is 1. The van der Waals surface area contributed by atoms with E-state index in [1.54, 1.807) is 37.3 Å². The molecule has 0 aliphatic carbocycles. The SMILES string of the molecule is CC(N)(C(=O)Nc1cccc([N+](=O)[O-])c1)c1ccccc1. The number of nitrogens with one attached hydrogen (secondary N) is 1. The van der Waals surface area contributed by atoms with Crippen molar-refractivity contribution in [1.29, 1.82) is 0 Å². The van der Waals surface area contributed by atoms with Crippen molar-refractivity contribution >= 4 is 17.3 Å². The molecule has 0 bridgehead atoms. The molecule has 0 spiro atoms. The number of nitro benzene ring substituents is 1. The first kappa shape index (κ1) is 14.7. The zero-order chi connectivity index (χ0) is 15.5. The summed E-state index contributed by atoms with van der Waals surface area (Å²) in [5, 5.41) is 13.3. The van der Waals surface area contributed by atoms with Crippen LogP contribution in [0.2, 0.25) is 0 Å². The van der Waals surface area contributed by atoms with Crippen molar-refractivity contribution in [3.8, 4) is 0 Å². The Kier molecular flexibility index (Phi) is 4.00. The molecule has 6 nitrogen and oxygen atoms in total. The maximum Gasteiger partial charge on any atom is 0.271 e. The Hall–Kier alpha value is -2.73. The fourth-order valence-electron chi connectivity index (χ4n) is 1.87. The maximum atomic E-state index is 12.3. The van der Waals surface area contributed by atoms with Gasteiger partial charge in [-0.05, 0) is 18.6 Å². The Bertz CT molecular complexity index is 669. The molecule has 0 fully saturated rings. The lowest BCUT2D eigenvalue weighted by Gasteiger charge is -2.24. The zero-order valence-corrected chi connectivity index (χ0v) is 11.4. The van der Waals surface area contributed by atoms with E-state index >= 15 is 0 Å². The Labute approximate surface area is 121 Å². The monoisotopic (exact) mass is 285 g/mol. The average Bonchev–Trinajstić information content (AvgIpc) is 2.48. The highest BCUT2D eigenvalue weighted by Crippen LogP contribution is 2.22. The number of benzene rings is 2. The van der Waals surface area contributed by atoms with Crippen LogP contribution in [-0.2, 0) is 10.3 Å². The third-order valence-electron chi connectivity index (χ3n) is 3.16. The molecule has 2 rings (SSSR count). The van der Waals surface area contributed by atoms with Crippen molar-refractivity contribution in [2.45, 2.75) is 12.5 Å². The summed E-state index contributed by atoms with van der Waals surface area (Å²) < 4.78 is 0. The molecule has 0 saturated heterocycles. The standard InChI is InChI=1S/C15H15N3O3/c1-15(16,11-6-3-2-4-7-11)14(19)17-12-8-5-9-13(10-12)18(20)21/h2-10H,16H2,1H3,(H,17,19). The fraction of sp³-hybridized carbons (Fsp3) is 0.133. The molecule has 0 saturated carbocycles. The summed E-state index contributed by atoms with van der Waals surface area (Å²) in [7, 11) is 0. The van der Waals surface area contributed by atoms with Gasteiger partial charge in [-0.2, -0.15) is 0 Å². The lowest BCUT2D eigenvalue weighted by Crippen LogP contribution is -2.45. The van der Waals surface area contributed by atoms with Gasteiger partial charge >= 0.3 is 0 Å². The normalized spacial score (nSPS) is 13.2. The number of rotatable bonds is 4. The van der Waals surface area contributed by atoms with Gasteiger partial charge in [-0.3, -0.25) is 14.9 Å². The van der Waals surface area contributed by atoms with Gasteiger partial charge < -0.3 is 11.1 Å². The molecule has 0 heterocycles. The molecule has 108 valence electrons. The van der Waals surface area contributed by atoms with E-state index in [1.165, 1.54) is 18.2 Å². The van der Waals surface area contributed by atoms with Gasteiger partial charge in [0.2, 0.25) is 5.91 Å². The van der Waals surface area contributed by atoms with Gasteiger partial charge in [0.15, 0.2) is 0 Å². The number of amides is 1. The van der Waals surface area contributed by atoms with Crippen LogP contribution >= 0.6 is 0 Å². The predicted molar refractivity (Wildman–Crippen MR) is 79.7 cm³/mol. The van der Waals surface area contributed by atoms with Crippen LogP contribution in [-0.4, -0.2) is 10.8 Å². The third-order valence-corrected chi connectivity index (χ3v) is 3.16. The molecule has 0 radical (unpaired) electrons. The van der Waals surface area contributed by atoms with Crippen molar-refractivity contribution in [2.75, 3.05) is 5.32 Å². The van der Waals surface area contributed by atoms with Crippen molar-refractivity contribution in [2.24, 2.45) is 5.73 Å². The minimum absolute atomic E-state index is 0.0914. The van der Waals surface area contributed by atoms with Gasteiger partial charge in [0.25, 0.3) is 5.69 Å². The topological polar surface area (TPSA) is 98.3 Å². The Morgan fingerprint density at radius 1 is 1.19 bits per heavy atom. The lowest BCUT2D eigenvalue weighted by atomic mass is 9.92. The Morgan fingerprint density at radius 3 is 2.48 bits per heavy atom. The summed E-state index contributed by atoms with van der Waals surface area (Å²) in [5.74, 6) is -0.436. The molecule has 3 N–H and O–H groups in total. The summed E-state index contributed by atoms with van der Waals surface area (Å²) in [6, 6.07) is 14.7. The van der Waals surface area contributed by atoms with Crippen LogP contribution in [0.5, 0.6) is 0 Å². The fourth-order valence-corrected chi connectivity index (χ4v) is 1.87. The molecule has 1 atom stereocenters. The van der Waals surface area contributed by atoms with Crippen molar-refractivity contribution in [1.82, 2.24) is 0 Å². The second-order valence-electron chi connectivity index (χ2n) is 4.83. The zero-order valence-electron chi connectivity index (χ0n) is 11.4. The third kappa shape index (κ3) is 3.24. The highest BCUT2D eigenvalue weighted by Gasteiger charge is 2.30. The van der Waals surface area contributed by atoms with Gasteiger partial charge in [0.05, 0.1) is 4.92 Å². The first-order chi connectivity index (χ1) is 9.91. The van der Waals surface area contributed by atoms with E-state index in [1.807, 2.05) is 6.07 Å². The highest BCUT2D eigenvalue weighted by atomic mass is 16.6. The molecule has 0 aromatic heterocycles. The van der Waals surface area contributed by atoms with Gasteiger partial charge in [-0.15, -0.1) is 0 Å². The van der Waals surface area contributed by atoms with E-state index in [0.717, 1.165) is 0 Å². The van der Waals surface area contributed by atoms with Crippen LogP contribution in [0, 0.1) is 10.1 Å². The van der Waals surface area contributed by atoms with E-state index in [4.69, 9.17) is 5.73 Å². The summed E-state index contributed by atoms with van der Waals surface area (Å²) in [6.45, 7) is 1.59. The van der Waals surface area contributed by atoms with Crippen LogP contribution in [0.4, 0.5) is 11.4 Å². The summed E-state index contributed by atoms with van der Waals surface area (Å²) in [5.41, 5.74) is 5.75. The molecule has 6 heteroatoms. The largest absolute Gasteiger partial charge is 0.324 e. The average molecular weight is 285 g/mol. The number of nitro groups is 1. The van der Waals surface area contributed by atoms with Crippen molar-refractivity contribution < 1.29 is 9.72 Å². The van der Waals surface area contributed by atoms with Gasteiger partial charge in [-0.25, -0.2) is 0 Å². The number of carbonyl (C=O) groups excluding carboxylic acids is 1. The van der Waals surface area contributed by atoms with Crippen molar-refractivity contribution in [3.63, 3.8) is 0 Å². The van der Waals surface area contributed by atoms with Crippen LogP contribution < -0.4 is 11.1 Å². The van der Waals surface area contributed by atoms with Crippen LogP contribution in [0.15, 0.2) is 54.6 Å².